The summed E-state index contributed by atoms with van der Waals surface area (Å²) in [5.74, 6) is 0.173. The lowest BCUT2D eigenvalue weighted by atomic mass is 10.1. The summed E-state index contributed by atoms with van der Waals surface area (Å²) in [4.78, 5) is 13.1. The molecular weight excluding hydrogens is 286 g/mol. The van der Waals surface area contributed by atoms with E-state index in [1.54, 1.807) is 18.1 Å². The van der Waals surface area contributed by atoms with Crippen LogP contribution in [-0.4, -0.2) is 33.8 Å². The Morgan fingerprint density at radius 3 is 2.86 bits per heavy atom. The fraction of sp³-hybridized carbons (Fsp3) is 0.357. The first-order valence-electron chi connectivity index (χ1n) is 6.86. The number of carbonyl (C=O) groups excluding carboxylic acids is 1. The smallest absolute Gasteiger partial charge is 0.228 e. The molecule has 0 aliphatic carbocycles. The number of anilines is 1. The van der Waals surface area contributed by atoms with Gasteiger partial charge in [-0.15, -0.1) is 10.2 Å². The summed E-state index contributed by atoms with van der Waals surface area (Å²) in [5, 5.41) is 14.9. The average molecular weight is 303 g/mol. The van der Waals surface area contributed by atoms with Crippen molar-refractivity contribution in [1.82, 2.24) is 20.1 Å². The van der Waals surface area contributed by atoms with Gasteiger partial charge in [-0.3, -0.25) is 4.79 Å². The molecule has 0 saturated carbocycles. The van der Waals surface area contributed by atoms with Gasteiger partial charge >= 0.3 is 0 Å². The molecule has 1 aliphatic rings. The van der Waals surface area contributed by atoms with Gasteiger partial charge in [0.1, 0.15) is 6.33 Å². The number of rotatable bonds is 4. The van der Waals surface area contributed by atoms with Crippen molar-refractivity contribution in [2.75, 3.05) is 18.4 Å². The van der Waals surface area contributed by atoms with Crippen LogP contribution in [0, 0.1) is 5.92 Å². The quantitative estimate of drug-likeness (QED) is 0.896. The summed E-state index contributed by atoms with van der Waals surface area (Å²) < 4.78 is 1.87. The van der Waals surface area contributed by atoms with Crippen molar-refractivity contribution in [3.8, 4) is 0 Å². The van der Waals surface area contributed by atoms with Gasteiger partial charge < -0.3 is 15.2 Å². The lowest BCUT2D eigenvalue weighted by Crippen LogP contribution is -2.24. The standard InChI is InChI=1S/C14H17N5OS/c1-19-9-16-18-14(19)21-12-4-2-11(3-5-12)17-13(20)10-6-7-15-8-10/h2-5,9-10,15H,6-8H2,1H3,(H,17,20). The number of carbonyl (C=O) groups is 1. The van der Waals surface area contributed by atoms with Gasteiger partial charge in [0.25, 0.3) is 0 Å². The van der Waals surface area contributed by atoms with E-state index in [4.69, 9.17) is 0 Å². The van der Waals surface area contributed by atoms with Crippen LogP contribution in [0.5, 0.6) is 0 Å². The van der Waals surface area contributed by atoms with E-state index < -0.39 is 0 Å². The molecule has 21 heavy (non-hydrogen) atoms. The van der Waals surface area contributed by atoms with E-state index >= 15 is 0 Å². The van der Waals surface area contributed by atoms with E-state index in [1.165, 1.54) is 0 Å². The van der Waals surface area contributed by atoms with Crippen LogP contribution < -0.4 is 10.6 Å². The van der Waals surface area contributed by atoms with Gasteiger partial charge in [-0.2, -0.15) is 0 Å². The molecule has 0 radical (unpaired) electrons. The molecule has 1 aromatic carbocycles. The molecular formula is C14H17N5OS. The Hall–Kier alpha value is -1.86. The first kappa shape index (κ1) is 14.1. The van der Waals surface area contributed by atoms with Gasteiger partial charge in [0.2, 0.25) is 5.91 Å². The summed E-state index contributed by atoms with van der Waals surface area (Å²) >= 11 is 1.54. The maximum atomic E-state index is 12.0. The first-order valence-corrected chi connectivity index (χ1v) is 7.67. The Kier molecular flexibility index (Phi) is 4.21. The van der Waals surface area contributed by atoms with Gasteiger partial charge in [-0.1, -0.05) is 0 Å². The van der Waals surface area contributed by atoms with Crippen molar-refractivity contribution in [2.24, 2.45) is 13.0 Å². The monoisotopic (exact) mass is 303 g/mol. The average Bonchev–Trinajstić information content (AvgIpc) is 3.14. The van der Waals surface area contributed by atoms with Crippen molar-refractivity contribution >= 4 is 23.4 Å². The molecule has 3 rings (SSSR count). The molecule has 1 aromatic heterocycles. The molecule has 0 bridgehead atoms. The number of nitrogens with zero attached hydrogens (tertiary/aromatic N) is 3. The third-order valence-electron chi connectivity index (χ3n) is 3.43. The second-order valence-electron chi connectivity index (χ2n) is 5.03. The van der Waals surface area contributed by atoms with Gasteiger partial charge in [0, 0.05) is 24.2 Å². The summed E-state index contributed by atoms with van der Waals surface area (Å²) in [6.45, 7) is 1.69. The molecule has 1 fully saturated rings. The topological polar surface area (TPSA) is 71.8 Å². The van der Waals surface area contributed by atoms with E-state index in [2.05, 4.69) is 20.8 Å². The molecule has 1 unspecified atom stereocenters. The highest BCUT2D eigenvalue weighted by molar-refractivity contribution is 7.99. The molecule has 2 N–H and O–H groups in total. The van der Waals surface area contributed by atoms with Gasteiger partial charge in [0.05, 0.1) is 5.92 Å². The molecule has 110 valence electrons. The second-order valence-corrected chi connectivity index (χ2v) is 6.07. The number of hydrogen-bond acceptors (Lipinski definition) is 5. The molecule has 1 atom stereocenters. The van der Waals surface area contributed by atoms with Gasteiger partial charge in [-0.25, -0.2) is 0 Å². The van der Waals surface area contributed by atoms with Crippen LogP contribution in [0.25, 0.3) is 0 Å². The third-order valence-corrected chi connectivity index (χ3v) is 4.49. The van der Waals surface area contributed by atoms with Crippen LogP contribution >= 0.6 is 11.8 Å². The van der Waals surface area contributed by atoms with Crippen molar-refractivity contribution in [1.29, 1.82) is 0 Å². The predicted molar refractivity (Wildman–Crippen MR) is 81.2 cm³/mol. The number of hydrogen-bond donors (Lipinski definition) is 2. The second kappa shape index (κ2) is 6.28. The highest BCUT2D eigenvalue weighted by Gasteiger charge is 2.22. The SMILES string of the molecule is Cn1cnnc1Sc1ccc(NC(=O)C2CCNC2)cc1. The van der Waals surface area contributed by atoms with Gasteiger partial charge in [0.15, 0.2) is 5.16 Å². The predicted octanol–water partition coefficient (Wildman–Crippen LogP) is 1.51. The lowest BCUT2D eigenvalue weighted by molar-refractivity contribution is -0.119. The molecule has 7 heteroatoms. The van der Waals surface area contributed by atoms with Crippen LogP contribution in [0.4, 0.5) is 5.69 Å². The Bertz CT molecular complexity index is 619. The summed E-state index contributed by atoms with van der Waals surface area (Å²) in [6, 6.07) is 7.78. The molecule has 1 saturated heterocycles. The molecule has 2 aromatic rings. The summed E-state index contributed by atoms with van der Waals surface area (Å²) in [6.07, 6.45) is 2.58. The first-order chi connectivity index (χ1) is 10.2. The highest BCUT2D eigenvalue weighted by Crippen LogP contribution is 2.26. The minimum absolute atomic E-state index is 0.0812. The van der Waals surface area contributed by atoms with E-state index in [0.717, 1.165) is 35.2 Å². The van der Waals surface area contributed by atoms with Crippen molar-refractivity contribution in [3.63, 3.8) is 0 Å². The normalized spacial score (nSPS) is 17.9. The number of aromatic nitrogens is 3. The van der Waals surface area contributed by atoms with Gasteiger partial charge in [-0.05, 0) is 49.0 Å². The zero-order valence-electron chi connectivity index (χ0n) is 11.7. The van der Waals surface area contributed by atoms with Crippen LogP contribution in [-0.2, 0) is 11.8 Å². The Morgan fingerprint density at radius 2 is 2.24 bits per heavy atom. The third kappa shape index (κ3) is 3.43. The lowest BCUT2D eigenvalue weighted by Gasteiger charge is -2.10. The summed E-state index contributed by atoms with van der Waals surface area (Å²) in [5.41, 5.74) is 0.828. The van der Waals surface area contributed by atoms with E-state index in [0.29, 0.717) is 0 Å². The minimum Gasteiger partial charge on any atom is -0.326 e. The Balaban J connectivity index is 1.61. The highest BCUT2D eigenvalue weighted by atomic mass is 32.2. The van der Waals surface area contributed by atoms with E-state index in [9.17, 15) is 4.79 Å². The van der Waals surface area contributed by atoms with Crippen molar-refractivity contribution < 1.29 is 4.79 Å². The number of amides is 1. The fourth-order valence-corrected chi connectivity index (χ4v) is 2.96. The van der Waals surface area contributed by atoms with Crippen molar-refractivity contribution in [2.45, 2.75) is 16.5 Å². The Morgan fingerprint density at radius 1 is 1.43 bits per heavy atom. The number of nitrogens with one attached hydrogen (secondary N) is 2. The maximum Gasteiger partial charge on any atom is 0.228 e. The molecule has 0 spiro atoms. The molecule has 1 aliphatic heterocycles. The van der Waals surface area contributed by atoms with Crippen LogP contribution in [0.3, 0.4) is 0 Å². The van der Waals surface area contributed by atoms with E-state index in [1.807, 2.05) is 35.9 Å². The Labute approximate surface area is 127 Å². The maximum absolute atomic E-state index is 12.0. The van der Waals surface area contributed by atoms with Crippen LogP contribution in [0.1, 0.15) is 6.42 Å². The fourth-order valence-electron chi connectivity index (χ4n) is 2.20. The van der Waals surface area contributed by atoms with E-state index in [-0.39, 0.29) is 11.8 Å². The van der Waals surface area contributed by atoms with Crippen LogP contribution in [0.15, 0.2) is 40.6 Å². The zero-order valence-corrected chi connectivity index (χ0v) is 12.6. The van der Waals surface area contributed by atoms with Crippen LogP contribution in [0.2, 0.25) is 0 Å². The molecule has 6 nitrogen and oxygen atoms in total. The summed E-state index contributed by atoms with van der Waals surface area (Å²) in [7, 11) is 1.91. The minimum atomic E-state index is 0.0812. The zero-order chi connectivity index (χ0) is 14.7. The molecule has 2 heterocycles. The number of benzene rings is 1. The number of aryl methyl sites for hydroxylation is 1. The van der Waals surface area contributed by atoms with Crippen molar-refractivity contribution in [3.05, 3.63) is 30.6 Å². The molecule has 1 amide bonds. The largest absolute Gasteiger partial charge is 0.326 e.